The largest absolute Gasteiger partial charge is 0.356 e. The Labute approximate surface area is 170 Å². The third-order valence-electron chi connectivity index (χ3n) is 4.72. The van der Waals surface area contributed by atoms with E-state index in [1.54, 1.807) is 6.26 Å². The lowest BCUT2D eigenvalue weighted by molar-refractivity contribution is 0.287. The second kappa shape index (κ2) is 10.3. The van der Waals surface area contributed by atoms with Crippen LogP contribution in [0.4, 0.5) is 5.82 Å². The maximum atomic E-state index is 12.0. The molecule has 0 aliphatic carbocycles. The standard InChI is InChI=1S/C18H25ClN4OS.C2H6/c1-13(2)23(25(3)24)12-14-7-6-10-22(11-14)17-15-8-4-5-9-16(15)20-18(19)21-17;1-2/h4-5,8-9,13-14H,6-7,10-12H2,1-3H3;1-2H3. The van der Waals surface area contributed by atoms with Crippen molar-refractivity contribution in [3.05, 3.63) is 29.5 Å². The summed E-state index contributed by atoms with van der Waals surface area (Å²) < 4.78 is 14.1. The van der Waals surface area contributed by atoms with Crippen LogP contribution in [0.3, 0.4) is 0 Å². The van der Waals surface area contributed by atoms with Crippen LogP contribution in [0.15, 0.2) is 24.3 Å². The summed E-state index contributed by atoms with van der Waals surface area (Å²) >= 11 is 6.15. The normalized spacial score (nSPS) is 18.5. The Bertz CT molecular complexity index is 771. The van der Waals surface area contributed by atoms with Crippen LogP contribution in [-0.4, -0.2) is 50.4 Å². The van der Waals surface area contributed by atoms with Crippen molar-refractivity contribution >= 4 is 39.3 Å². The highest BCUT2D eigenvalue weighted by Gasteiger charge is 2.26. The molecule has 1 aromatic carbocycles. The van der Waals surface area contributed by atoms with Crippen LogP contribution in [0.1, 0.15) is 40.5 Å². The van der Waals surface area contributed by atoms with Crippen LogP contribution in [0, 0.1) is 5.92 Å². The minimum atomic E-state index is -0.949. The molecular formula is C20H31ClN4OS. The van der Waals surface area contributed by atoms with Gasteiger partial charge < -0.3 is 4.90 Å². The number of anilines is 1. The first-order valence-corrected chi connectivity index (χ1v) is 11.6. The topological polar surface area (TPSA) is 49.3 Å². The van der Waals surface area contributed by atoms with E-state index < -0.39 is 11.0 Å². The fraction of sp³-hybridized carbons (Fsp3) is 0.600. The number of aromatic nitrogens is 2. The Morgan fingerprint density at radius 1 is 1.30 bits per heavy atom. The van der Waals surface area contributed by atoms with Crippen LogP contribution < -0.4 is 4.90 Å². The Balaban J connectivity index is 0.00000126. The summed E-state index contributed by atoms with van der Waals surface area (Å²) in [6.07, 6.45) is 4.01. The molecule has 5 nitrogen and oxygen atoms in total. The molecule has 1 saturated heterocycles. The molecule has 1 aromatic heterocycles. The number of halogens is 1. The molecule has 0 radical (unpaired) electrons. The Morgan fingerprint density at radius 3 is 2.67 bits per heavy atom. The number of para-hydroxylation sites is 1. The summed E-state index contributed by atoms with van der Waals surface area (Å²) in [5, 5.41) is 1.32. The number of hydrogen-bond donors (Lipinski definition) is 0. The van der Waals surface area contributed by atoms with Crippen LogP contribution in [0.5, 0.6) is 0 Å². The Morgan fingerprint density at radius 2 is 2.00 bits per heavy atom. The maximum Gasteiger partial charge on any atom is 0.224 e. The molecule has 1 aliphatic rings. The van der Waals surface area contributed by atoms with Gasteiger partial charge in [-0.1, -0.05) is 26.0 Å². The lowest BCUT2D eigenvalue weighted by Crippen LogP contribution is -2.43. The molecule has 2 heterocycles. The molecule has 1 aliphatic heterocycles. The maximum absolute atomic E-state index is 12.0. The summed E-state index contributed by atoms with van der Waals surface area (Å²) in [7, 11) is -0.949. The predicted molar refractivity (Wildman–Crippen MR) is 117 cm³/mol. The fourth-order valence-corrected chi connectivity index (χ4v) is 4.73. The molecule has 27 heavy (non-hydrogen) atoms. The second-order valence-corrected chi connectivity index (χ2v) is 8.56. The van der Waals surface area contributed by atoms with Crippen molar-refractivity contribution < 1.29 is 4.21 Å². The van der Waals surface area contributed by atoms with Gasteiger partial charge in [-0.3, -0.25) is 0 Å². The molecule has 7 heteroatoms. The minimum Gasteiger partial charge on any atom is -0.356 e. The molecule has 2 aromatic rings. The van der Waals surface area contributed by atoms with Crippen LogP contribution in [-0.2, 0) is 11.0 Å². The fourth-order valence-electron chi connectivity index (χ4n) is 3.55. The van der Waals surface area contributed by atoms with Gasteiger partial charge in [0.15, 0.2) is 0 Å². The van der Waals surface area contributed by atoms with Gasteiger partial charge in [-0.05, 0) is 56.3 Å². The Hall–Kier alpha value is -1.24. The first kappa shape index (κ1) is 22.1. The van der Waals surface area contributed by atoms with Gasteiger partial charge in [-0.25, -0.2) is 13.5 Å². The minimum absolute atomic E-state index is 0.274. The number of rotatable bonds is 5. The number of piperidine rings is 1. The van der Waals surface area contributed by atoms with Crippen molar-refractivity contribution in [3.63, 3.8) is 0 Å². The molecule has 2 unspecified atom stereocenters. The van der Waals surface area contributed by atoms with E-state index in [1.165, 1.54) is 0 Å². The zero-order chi connectivity index (χ0) is 20.0. The molecule has 2 atom stereocenters. The SMILES string of the molecule is CC.CC(C)N(CC1CCCN(c2nc(Cl)nc3ccccc23)C1)S(C)=O. The van der Waals surface area contributed by atoms with E-state index in [9.17, 15) is 4.21 Å². The van der Waals surface area contributed by atoms with Gasteiger partial charge in [0, 0.05) is 37.3 Å². The van der Waals surface area contributed by atoms with Crippen LogP contribution in [0.2, 0.25) is 5.28 Å². The number of nitrogens with zero attached hydrogens (tertiary/aromatic N) is 4. The molecule has 0 bridgehead atoms. The Kier molecular flexibility index (Phi) is 8.45. The van der Waals surface area contributed by atoms with Gasteiger partial charge in [0.05, 0.1) is 16.5 Å². The molecule has 150 valence electrons. The second-order valence-electron chi connectivity index (χ2n) is 6.90. The summed E-state index contributed by atoms with van der Waals surface area (Å²) in [5.74, 6) is 1.38. The summed E-state index contributed by atoms with van der Waals surface area (Å²) in [4.78, 5) is 11.1. The first-order chi connectivity index (χ1) is 13.0. The number of benzene rings is 1. The van der Waals surface area contributed by atoms with E-state index in [-0.39, 0.29) is 11.3 Å². The van der Waals surface area contributed by atoms with Crippen molar-refractivity contribution in [1.82, 2.24) is 14.3 Å². The summed E-state index contributed by atoms with van der Waals surface area (Å²) in [5.41, 5.74) is 0.873. The van der Waals surface area contributed by atoms with E-state index >= 15 is 0 Å². The molecule has 0 N–H and O–H groups in total. The molecule has 0 spiro atoms. The van der Waals surface area contributed by atoms with Crippen molar-refractivity contribution in [2.75, 3.05) is 30.8 Å². The van der Waals surface area contributed by atoms with E-state index in [0.717, 1.165) is 49.2 Å². The van der Waals surface area contributed by atoms with Crippen LogP contribution >= 0.6 is 11.6 Å². The third kappa shape index (κ3) is 5.62. The van der Waals surface area contributed by atoms with Crippen molar-refractivity contribution in [1.29, 1.82) is 0 Å². The highest BCUT2D eigenvalue weighted by atomic mass is 35.5. The van der Waals surface area contributed by atoms with Crippen molar-refractivity contribution in [3.8, 4) is 0 Å². The van der Waals surface area contributed by atoms with E-state index in [0.29, 0.717) is 5.92 Å². The van der Waals surface area contributed by atoms with Gasteiger partial charge >= 0.3 is 0 Å². The number of hydrogen-bond acceptors (Lipinski definition) is 4. The van der Waals surface area contributed by atoms with Gasteiger partial charge in [0.2, 0.25) is 5.28 Å². The highest BCUT2D eigenvalue weighted by Crippen LogP contribution is 2.29. The zero-order valence-electron chi connectivity index (χ0n) is 17.0. The summed E-state index contributed by atoms with van der Waals surface area (Å²) in [6.45, 7) is 10.9. The first-order valence-electron chi connectivity index (χ1n) is 9.73. The number of fused-ring (bicyclic) bond motifs is 1. The van der Waals surface area contributed by atoms with Crippen molar-refractivity contribution in [2.24, 2.45) is 5.92 Å². The average Bonchev–Trinajstić information content (AvgIpc) is 2.66. The van der Waals surface area contributed by atoms with Crippen molar-refractivity contribution in [2.45, 2.75) is 46.6 Å². The monoisotopic (exact) mass is 410 g/mol. The van der Waals surface area contributed by atoms with Gasteiger partial charge in [0.1, 0.15) is 5.82 Å². The average molecular weight is 411 g/mol. The van der Waals surface area contributed by atoms with E-state index in [1.807, 2.05) is 38.1 Å². The molecule has 0 amide bonds. The third-order valence-corrected chi connectivity index (χ3v) is 6.12. The van der Waals surface area contributed by atoms with Gasteiger partial charge in [-0.2, -0.15) is 4.98 Å². The molecule has 1 fully saturated rings. The van der Waals surface area contributed by atoms with Gasteiger partial charge in [0.25, 0.3) is 0 Å². The van der Waals surface area contributed by atoms with Gasteiger partial charge in [-0.15, -0.1) is 0 Å². The van der Waals surface area contributed by atoms with Crippen LogP contribution in [0.25, 0.3) is 10.9 Å². The molecular weight excluding hydrogens is 380 g/mol. The smallest absolute Gasteiger partial charge is 0.224 e. The zero-order valence-corrected chi connectivity index (χ0v) is 18.6. The lowest BCUT2D eigenvalue weighted by Gasteiger charge is -2.37. The lowest BCUT2D eigenvalue weighted by atomic mass is 9.97. The summed E-state index contributed by atoms with van der Waals surface area (Å²) in [6, 6.07) is 8.26. The molecule has 0 saturated carbocycles. The van der Waals surface area contributed by atoms with E-state index in [4.69, 9.17) is 11.6 Å². The predicted octanol–water partition coefficient (Wildman–Crippen LogP) is 4.53. The quantitative estimate of drug-likeness (QED) is 0.679. The van der Waals surface area contributed by atoms with E-state index in [2.05, 4.69) is 33.0 Å². The highest BCUT2D eigenvalue weighted by molar-refractivity contribution is 7.81. The molecule has 3 rings (SSSR count).